The summed E-state index contributed by atoms with van der Waals surface area (Å²) in [6.45, 7) is 1.68. The smallest absolute Gasteiger partial charge is 0.263 e. The Hall–Kier alpha value is -1.36. The van der Waals surface area contributed by atoms with Crippen molar-refractivity contribution >= 4 is 16.1 Å². The molecule has 0 aliphatic carbocycles. The van der Waals surface area contributed by atoms with Gasteiger partial charge in [-0.05, 0) is 24.6 Å². The van der Waals surface area contributed by atoms with Gasteiger partial charge in [0.25, 0.3) is 10.0 Å². The summed E-state index contributed by atoms with van der Waals surface area (Å²) in [6, 6.07) is 1.68. The molecule has 0 saturated carbocycles. The van der Waals surface area contributed by atoms with Crippen LogP contribution in [0.4, 0.5) is 0 Å². The van der Waals surface area contributed by atoms with Gasteiger partial charge in [-0.3, -0.25) is 9.71 Å². The fourth-order valence-corrected chi connectivity index (χ4v) is 2.58. The molecule has 68 valence electrons. The quantitative estimate of drug-likeness (QED) is 0.663. The van der Waals surface area contributed by atoms with Gasteiger partial charge in [0.15, 0.2) is 0 Å². The molecule has 5 heteroatoms. The van der Waals surface area contributed by atoms with Crippen molar-refractivity contribution in [1.29, 1.82) is 0 Å². The van der Waals surface area contributed by atoms with Gasteiger partial charge in [0.05, 0.1) is 5.69 Å². The minimum atomic E-state index is -3.37. The Kier molecular flexibility index (Phi) is 1.63. The summed E-state index contributed by atoms with van der Waals surface area (Å²) in [5, 5.41) is 0. The van der Waals surface area contributed by atoms with Gasteiger partial charge in [-0.25, -0.2) is 8.42 Å². The summed E-state index contributed by atoms with van der Waals surface area (Å²) in [7, 11) is -3.37. The van der Waals surface area contributed by atoms with E-state index in [1.165, 1.54) is 6.20 Å². The zero-order valence-corrected chi connectivity index (χ0v) is 7.80. The third kappa shape index (κ3) is 1.21. The molecule has 4 nitrogen and oxygen atoms in total. The van der Waals surface area contributed by atoms with E-state index < -0.39 is 10.0 Å². The molecule has 0 unspecified atom stereocenters. The third-order valence-corrected chi connectivity index (χ3v) is 3.38. The molecule has 2 heterocycles. The molecule has 0 bridgehead atoms. The minimum Gasteiger partial charge on any atom is -0.286 e. The molecule has 1 aliphatic rings. The lowest BCUT2D eigenvalue weighted by molar-refractivity contribution is 0.588. The molecule has 0 spiro atoms. The highest BCUT2D eigenvalue weighted by Crippen LogP contribution is 2.22. The van der Waals surface area contributed by atoms with E-state index in [1.807, 2.05) is 0 Å². The largest absolute Gasteiger partial charge is 0.286 e. The van der Waals surface area contributed by atoms with Crippen LogP contribution in [-0.4, -0.2) is 13.4 Å². The number of aromatic nitrogens is 1. The highest BCUT2D eigenvalue weighted by molar-refractivity contribution is 7.89. The number of rotatable bonds is 0. The monoisotopic (exact) mass is 196 g/mol. The first-order chi connectivity index (χ1) is 6.11. The van der Waals surface area contributed by atoms with E-state index >= 15 is 0 Å². The van der Waals surface area contributed by atoms with Gasteiger partial charge in [-0.15, -0.1) is 0 Å². The molecule has 0 radical (unpaired) electrons. The molecule has 0 atom stereocenters. The second-order valence-electron chi connectivity index (χ2n) is 2.77. The van der Waals surface area contributed by atoms with Gasteiger partial charge in [0, 0.05) is 12.4 Å². The fraction of sp³-hybridized carbons (Fsp3) is 0.125. The Morgan fingerprint density at radius 1 is 1.46 bits per heavy atom. The molecule has 1 aromatic heterocycles. The Bertz CT molecular complexity index is 477. The lowest BCUT2D eigenvalue weighted by atomic mass is 10.2. The van der Waals surface area contributed by atoms with Crippen LogP contribution in [0.5, 0.6) is 0 Å². The molecule has 0 amide bonds. The van der Waals surface area contributed by atoms with Crippen molar-refractivity contribution in [2.45, 2.75) is 11.8 Å². The van der Waals surface area contributed by atoms with Gasteiger partial charge in [0.1, 0.15) is 4.90 Å². The fourth-order valence-electron chi connectivity index (χ4n) is 1.33. The Morgan fingerprint density at radius 3 is 2.92 bits per heavy atom. The van der Waals surface area contributed by atoms with Crippen LogP contribution < -0.4 is 4.72 Å². The Balaban J connectivity index is 2.84. The normalized spacial score (nSPS) is 17.6. The van der Waals surface area contributed by atoms with Crippen LogP contribution in [0.3, 0.4) is 0 Å². The van der Waals surface area contributed by atoms with Gasteiger partial charge < -0.3 is 0 Å². The van der Waals surface area contributed by atoms with E-state index in [9.17, 15) is 8.42 Å². The number of nitrogens with one attached hydrogen (secondary N) is 1. The average molecular weight is 196 g/mol. The summed E-state index contributed by atoms with van der Waals surface area (Å²) >= 11 is 0. The first-order valence-corrected chi connectivity index (χ1v) is 5.24. The van der Waals surface area contributed by atoms with Crippen LogP contribution in [0.2, 0.25) is 0 Å². The van der Waals surface area contributed by atoms with Crippen molar-refractivity contribution < 1.29 is 8.42 Å². The highest BCUT2D eigenvalue weighted by atomic mass is 32.2. The van der Waals surface area contributed by atoms with Gasteiger partial charge in [-0.1, -0.05) is 0 Å². The minimum absolute atomic E-state index is 0.275. The molecule has 13 heavy (non-hydrogen) atoms. The summed E-state index contributed by atoms with van der Waals surface area (Å²) < 4.78 is 25.3. The SMILES string of the molecule is Cc1nccc2c1S(=O)(=O)NC=C2. The summed E-state index contributed by atoms with van der Waals surface area (Å²) in [5.74, 6) is 0. The predicted molar refractivity (Wildman–Crippen MR) is 48.3 cm³/mol. The van der Waals surface area contributed by atoms with Crippen LogP contribution in [0.15, 0.2) is 23.4 Å². The van der Waals surface area contributed by atoms with Crippen molar-refractivity contribution in [1.82, 2.24) is 9.71 Å². The second kappa shape index (κ2) is 2.56. The molecule has 1 aliphatic heterocycles. The summed E-state index contributed by atoms with van der Waals surface area (Å²) in [6.07, 6.45) is 4.72. The maximum Gasteiger partial charge on any atom is 0.263 e. The topological polar surface area (TPSA) is 59.1 Å². The summed E-state index contributed by atoms with van der Waals surface area (Å²) in [5.41, 5.74) is 1.21. The van der Waals surface area contributed by atoms with Crippen molar-refractivity contribution in [3.8, 4) is 0 Å². The summed E-state index contributed by atoms with van der Waals surface area (Å²) in [4.78, 5) is 4.21. The number of fused-ring (bicyclic) bond motifs is 1. The molecule has 1 N–H and O–H groups in total. The third-order valence-electron chi connectivity index (χ3n) is 1.87. The number of aryl methyl sites for hydroxylation is 1. The molecule has 0 fully saturated rings. The second-order valence-corrected chi connectivity index (χ2v) is 4.42. The van der Waals surface area contributed by atoms with Crippen LogP contribution in [0.25, 0.3) is 6.08 Å². The number of sulfonamides is 1. The van der Waals surface area contributed by atoms with E-state index in [0.717, 1.165) is 0 Å². The van der Waals surface area contributed by atoms with Crippen LogP contribution >= 0.6 is 0 Å². The van der Waals surface area contributed by atoms with Gasteiger partial charge in [0.2, 0.25) is 0 Å². The van der Waals surface area contributed by atoms with Crippen LogP contribution in [-0.2, 0) is 10.0 Å². The zero-order valence-electron chi connectivity index (χ0n) is 6.98. The van der Waals surface area contributed by atoms with Crippen LogP contribution in [0.1, 0.15) is 11.3 Å². The Labute approximate surface area is 76.4 Å². The standard InChI is InChI=1S/C8H8N2O2S/c1-6-8-7(2-4-9-6)3-5-10-13(8,11)12/h2-5,10H,1H3. The van der Waals surface area contributed by atoms with Crippen molar-refractivity contribution in [2.24, 2.45) is 0 Å². The lowest BCUT2D eigenvalue weighted by Gasteiger charge is -2.13. The molecule has 2 rings (SSSR count). The molecule has 1 aromatic rings. The van der Waals surface area contributed by atoms with Gasteiger partial charge >= 0.3 is 0 Å². The van der Waals surface area contributed by atoms with Crippen molar-refractivity contribution in [2.75, 3.05) is 0 Å². The van der Waals surface area contributed by atoms with E-state index in [2.05, 4.69) is 9.71 Å². The first-order valence-electron chi connectivity index (χ1n) is 3.76. The number of pyridine rings is 1. The van der Waals surface area contributed by atoms with Gasteiger partial charge in [-0.2, -0.15) is 0 Å². The first kappa shape index (κ1) is 8.25. The van der Waals surface area contributed by atoms with Crippen molar-refractivity contribution in [3.05, 3.63) is 29.7 Å². The van der Waals surface area contributed by atoms with E-state index in [4.69, 9.17) is 0 Å². The number of hydrogen-bond acceptors (Lipinski definition) is 3. The van der Waals surface area contributed by atoms with Crippen LogP contribution in [0, 0.1) is 6.92 Å². The zero-order chi connectivity index (χ0) is 9.47. The number of hydrogen-bond donors (Lipinski definition) is 1. The molecular formula is C8H8N2O2S. The lowest BCUT2D eigenvalue weighted by Crippen LogP contribution is -2.23. The molecule has 0 aromatic carbocycles. The average Bonchev–Trinajstić information content (AvgIpc) is 2.02. The molecule has 0 saturated heterocycles. The Morgan fingerprint density at radius 2 is 2.23 bits per heavy atom. The molecular weight excluding hydrogens is 188 g/mol. The van der Waals surface area contributed by atoms with Crippen molar-refractivity contribution in [3.63, 3.8) is 0 Å². The van der Waals surface area contributed by atoms with E-state index in [0.29, 0.717) is 11.3 Å². The maximum atomic E-state index is 11.5. The number of nitrogens with zero attached hydrogens (tertiary/aromatic N) is 1. The van der Waals surface area contributed by atoms with E-state index in [-0.39, 0.29) is 4.90 Å². The maximum absolute atomic E-state index is 11.5. The highest BCUT2D eigenvalue weighted by Gasteiger charge is 2.21. The predicted octanol–water partition coefficient (Wildman–Crippen LogP) is 0.653. The van der Waals surface area contributed by atoms with E-state index in [1.54, 1.807) is 25.3 Å².